The van der Waals surface area contributed by atoms with Crippen molar-refractivity contribution in [2.45, 2.75) is 40.2 Å². The lowest BCUT2D eigenvalue weighted by Gasteiger charge is -2.27. The molecule has 1 amide bonds. The molecular weight excluding hydrogens is 416 g/mol. The van der Waals surface area contributed by atoms with Crippen molar-refractivity contribution in [3.63, 3.8) is 0 Å². The number of carbonyl (C=O) groups is 1. The fourth-order valence-electron chi connectivity index (χ4n) is 3.79. The number of methoxy groups -OCH3 is 2. The van der Waals surface area contributed by atoms with Crippen molar-refractivity contribution in [2.24, 2.45) is 0 Å². The Hall–Kier alpha value is -2.74. The molecule has 0 fully saturated rings. The first-order valence-corrected chi connectivity index (χ1v) is 11.9. The van der Waals surface area contributed by atoms with Gasteiger partial charge in [0.2, 0.25) is 15.9 Å². The molecule has 1 atom stereocenters. The van der Waals surface area contributed by atoms with Crippen molar-refractivity contribution >= 4 is 21.6 Å². The van der Waals surface area contributed by atoms with Crippen LogP contribution in [0.25, 0.3) is 0 Å². The van der Waals surface area contributed by atoms with Gasteiger partial charge in [0.15, 0.2) is 11.5 Å². The van der Waals surface area contributed by atoms with Gasteiger partial charge in [-0.2, -0.15) is 0 Å². The highest BCUT2D eigenvalue weighted by molar-refractivity contribution is 7.92. The van der Waals surface area contributed by atoms with Gasteiger partial charge in [0.05, 0.1) is 32.2 Å². The summed E-state index contributed by atoms with van der Waals surface area (Å²) in [6.07, 6.45) is 1.74. The SMILES string of the molecule is CC[C@@H](NC(=O)CN(c1c(C)cc(C)cc1C)S(C)(=O)=O)c1ccc(OC)c(OC)c1. The van der Waals surface area contributed by atoms with E-state index in [1.54, 1.807) is 20.3 Å². The van der Waals surface area contributed by atoms with Crippen LogP contribution in [0, 0.1) is 20.8 Å². The lowest BCUT2D eigenvalue weighted by molar-refractivity contribution is -0.120. The minimum atomic E-state index is -3.66. The van der Waals surface area contributed by atoms with Crippen molar-refractivity contribution in [2.75, 3.05) is 31.3 Å². The van der Waals surface area contributed by atoms with E-state index < -0.39 is 10.0 Å². The maximum atomic E-state index is 12.9. The molecule has 0 radical (unpaired) electrons. The summed E-state index contributed by atoms with van der Waals surface area (Å²) in [6.45, 7) is 7.31. The van der Waals surface area contributed by atoms with Crippen molar-refractivity contribution in [3.05, 3.63) is 52.6 Å². The molecule has 0 heterocycles. The van der Waals surface area contributed by atoms with Crippen LogP contribution in [0.5, 0.6) is 11.5 Å². The largest absolute Gasteiger partial charge is 0.493 e. The Morgan fingerprint density at radius 2 is 1.61 bits per heavy atom. The van der Waals surface area contributed by atoms with Gasteiger partial charge in [-0.05, 0) is 56.0 Å². The Morgan fingerprint density at radius 1 is 1.03 bits per heavy atom. The molecule has 0 aliphatic carbocycles. The molecule has 2 aromatic carbocycles. The summed E-state index contributed by atoms with van der Waals surface area (Å²) in [6, 6.07) is 8.99. The molecule has 8 heteroatoms. The predicted molar refractivity (Wildman–Crippen MR) is 124 cm³/mol. The molecule has 0 spiro atoms. The number of ether oxygens (including phenoxy) is 2. The molecule has 0 saturated carbocycles. The monoisotopic (exact) mass is 448 g/mol. The Balaban J connectivity index is 2.30. The average molecular weight is 449 g/mol. The molecule has 0 aromatic heterocycles. The second-order valence-corrected chi connectivity index (χ2v) is 9.57. The van der Waals surface area contributed by atoms with Gasteiger partial charge in [-0.3, -0.25) is 9.10 Å². The van der Waals surface area contributed by atoms with E-state index in [0.29, 0.717) is 23.6 Å². The Labute approximate surface area is 185 Å². The number of sulfonamides is 1. The van der Waals surface area contributed by atoms with E-state index in [9.17, 15) is 13.2 Å². The average Bonchev–Trinajstić information content (AvgIpc) is 2.69. The Bertz CT molecular complexity index is 1030. The van der Waals surface area contributed by atoms with Gasteiger partial charge in [0, 0.05) is 0 Å². The molecule has 0 aliphatic rings. The highest BCUT2D eigenvalue weighted by Gasteiger charge is 2.25. The zero-order valence-electron chi connectivity index (χ0n) is 19.3. The lowest BCUT2D eigenvalue weighted by atomic mass is 10.0. The third kappa shape index (κ3) is 5.91. The van der Waals surface area contributed by atoms with E-state index in [1.807, 2.05) is 52.0 Å². The van der Waals surface area contributed by atoms with Gasteiger partial charge in [-0.25, -0.2) is 8.42 Å². The van der Waals surface area contributed by atoms with Crippen molar-refractivity contribution in [1.82, 2.24) is 5.32 Å². The summed E-state index contributed by atoms with van der Waals surface area (Å²) in [5.41, 5.74) is 4.05. The third-order valence-corrected chi connectivity index (χ3v) is 6.24. The number of nitrogens with zero attached hydrogens (tertiary/aromatic N) is 1. The van der Waals surface area contributed by atoms with Crippen LogP contribution in [0.15, 0.2) is 30.3 Å². The number of amides is 1. The van der Waals surface area contributed by atoms with E-state index in [2.05, 4.69) is 5.32 Å². The molecule has 2 rings (SSSR count). The van der Waals surface area contributed by atoms with E-state index in [-0.39, 0.29) is 18.5 Å². The fourth-order valence-corrected chi connectivity index (χ4v) is 4.76. The standard InChI is InChI=1S/C23H32N2O5S/c1-8-19(18-9-10-20(29-5)21(13-18)30-6)24-22(26)14-25(31(7,27)28)23-16(3)11-15(2)12-17(23)4/h9-13,19H,8,14H2,1-7H3,(H,24,26)/t19-/m1/s1. The van der Waals surface area contributed by atoms with Gasteiger partial charge in [0.25, 0.3) is 0 Å². The van der Waals surface area contributed by atoms with Crippen LogP contribution >= 0.6 is 0 Å². The number of hydrogen-bond donors (Lipinski definition) is 1. The maximum Gasteiger partial charge on any atom is 0.241 e. The first kappa shape index (κ1) is 24.5. The highest BCUT2D eigenvalue weighted by atomic mass is 32.2. The second kappa shape index (κ2) is 10.0. The molecular formula is C23H32N2O5S. The van der Waals surface area contributed by atoms with Crippen LogP contribution in [0.2, 0.25) is 0 Å². The zero-order valence-corrected chi connectivity index (χ0v) is 20.1. The second-order valence-electron chi connectivity index (χ2n) is 7.66. The molecule has 1 N–H and O–H groups in total. The summed E-state index contributed by atoms with van der Waals surface area (Å²) in [5.74, 6) is 0.781. The topological polar surface area (TPSA) is 84.9 Å². The molecule has 0 aliphatic heterocycles. The number of carbonyl (C=O) groups excluding carboxylic acids is 1. The number of hydrogen-bond acceptors (Lipinski definition) is 5. The summed E-state index contributed by atoms with van der Waals surface area (Å²) >= 11 is 0. The van der Waals surface area contributed by atoms with Crippen molar-refractivity contribution in [3.8, 4) is 11.5 Å². The summed E-state index contributed by atoms with van der Waals surface area (Å²) in [5, 5.41) is 2.95. The summed E-state index contributed by atoms with van der Waals surface area (Å²) in [4.78, 5) is 12.9. The molecule has 0 saturated heterocycles. The Kier molecular flexibility index (Phi) is 7.95. The predicted octanol–water partition coefficient (Wildman–Crippen LogP) is 3.66. The van der Waals surface area contributed by atoms with Crippen LogP contribution in [0.1, 0.15) is 41.6 Å². The number of aryl methyl sites for hydroxylation is 3. The van der Waals surface area contributed by atoms with E-state index >= 15 is 0 Å². The quantitative estimate of drug-likeness (QED) is 0.633. The molecule has 7 nitrogen and oxygen atoms in total. The van der Waals surface area contributed by atoms with Crippen LogP contribution in [0.3, 0.4) is 0 Å². The van der Waals surface area contributed by atoms with E-state index in [1.165, 1.54) is 4.31 Å². The van der Waals surface area contributed by atoms with Gasteiger partial charge in [-0.15, -0.1) is 0 Å². The normalized spacial score (nSPS) is 12.2. The third-order valence-electron chi connectivity index (χ3n) is 5.13. The van der Waals surface area contributed by atoms with Gasteiger partial charge in [0.1, 0.15) is 6.54 Å². The number of rotatable bonds is 9. The summed E-state index contributed by atoms with van der Waals surface area (Å²) < 4.78 is 36.9. The lowest BCUT2D eigenvalue weighted by Crippen LogP contribution is -2.42. The van der Waals surface area contributed by atoms with Crippen molar-refractivity contribution < 1.29 is 22.7 Å². The first-order valence-electron chi connectivity index (χ1n) is 10.1. The van der Waals surface area contributed by atoms with Crippen LogP contribution in [0.4, 0.5) is 5.69 Å². The minimum Gasteiger partial charge on any atom is -0.493 e. The van der Waals surface area contributed by atoms with Crippen molar-refractivity contribution in [1.29, 1.82) is 0 Å². The first-order chi connectivity index (χ1) is 14.5. The van der Waals surface area contributed by atoms with Crippen LogP contribution in [-0.2, 0) is 14.8 Å². The molecule has 0 bridgehead atoms. The molecule has 170 valence electrons. The minimum absolute atomic E-state index is 0.297. The number of benzene rings is 2. The Morgan fingerprint density at radius 3 is 2.10 bits per heavy atom. The maximum absolute atomic E-state index is 12.9. The van der Waals surface area contributed by atoms with Gasteiger partial charge >= 0.3 is 0 Å². The van der Waals surface area contributed by atoms with Gasteiger partial charge < -0.3 is 14.8 Å². The van der Waals surface area contributed by atoms with Gasteiger partial charge in [-0.1, -0.05) is 30.7 Å². The highest BCUT2D eigenvalue weighted by Crippen LogP contribution is 2.31. The van der Waals surface area contributed by atoms with E-state index in [0.717, 1.165) is 28.5 Å². The zero-order chi connectivity index (χ0) is 23.3. The van der Waals surface area contributed by atoms with Crippen LogP contribution < -0.4 is 19.1 Å². The fraction of sp³-hybridized carbons (Fsp3) is 0.435. The smallest absolute Gasteiger partial charge is 0.241 e. The van der Waals surface area contributed by atoms with E-state index in [4.69, 9.17) is 9.47 Å². The molecule has 0 unspecified atom stereocenters. The number of anilines is 1. The van der Waals surface area contributed by atoms with Crippen LogP contribution in [-0.4, -0.2) is 41.3 Å². The molecule has 31 heavy (non-hydrogen) atoms. The molecule has 2 aromatic rings. The summed E-state index contributed by atoms with van der Waals surface area (Å²) in [7, 11) is -0.548. The number of nitrogens with one attached hydrogen (secondary N) is 1.